The number of hydrogen-bond acceptors (Lipinski definition) is 2. The minimum Gasteiger partial charge on any atom is -0.506 e. The Kier molecular flexibility index (Phi) is 4.61. The van der Waals surface area contributed by atoms with Crippen LogP contribution in [0.5, 0.6) is 5.75 Å². The summed E-state index contributed by atoms with van der Waals surface area (Å²) in [6, 6.07) is 6.15. The predicted octanol–water partition coefficient (Wildman–Crippen LogP) is 3.29. The summed E-state index contributed by atoms with van der Waals surface area (Å²) in [5.41, 5.74) is 0.928. The smallest absolute Gasteiger partial charge is 0.134 e. The Morgan fingerprint density at radius 3 is 2.60 bits per heavy atom. The summed E-state index contributed by atoms with van der Waals surface area (Å²) in [6.07, 6.45) is 0. The zero-order valence-electron chi connectivity index (χ0n) is 9.42. The SMILES string of the molecule is CC(C)[C@@H](C)NCc1cccc(Br)c1O. The van der Waals surface area contributed by atoms with E-state index in [1.54, 1.807) is 0 Å². The van der Waals surface area contributed by atoms with Gasteiger partial charge < -0.3 is 10.4 Å². The molecule has 0 fully saturated rings. The number of halogens is 1. The second kappa shape index (κ2) is 5.52. The fourth-order valence-corrected chi connectivity index (χ4v) is 1.62. The Labute approximate surface area is 99.8 Å². The molecule has 1 aromatic rings. The van der Waals surface area contributed by atoms with E-state index in [4.69, 9.17) is 0 Å². The molecule has 0 bridgehead atoms. The molecule has 0 aliphatic carbocycles. The number of nitrogens with one attached hydrogen (secondary N) is 1. The second-order valence-electron chi connectivity index (χ2n) is 4.16. The van der Waals surface area contributed by atoms with E-state index in [2.05, 4.69) is 42.0 Å². The third-order valence-electron chi connectivity index (χ3n) is 2.68. The maximum absolute atomic E-state index is 9.76. The highest BCUT2D eigenvalue weighted by Gasteiger charge is 2.08. The molecule has 0 heterocycles. The number of phenolic OH excluding ortho intramolecular Hbond substituents is 1. The van der Waals surface area contributed by atoms with Crippen LogP contribution in [0.1, 0.15) is 26.3 Å². The van der Waals surface area contributed by atoms with Gasteiger partial charge in [-0.3, -0.25) is 0 Å². The molecule has 2 N–H and O–H groups in total. The maximum atomic E-state index is 9.76. The van der Waals surface area contributed by atoms with E-state index < -0.39 is 0 Å². The van der Waals surface area contributed by atoms with Crippen LogP contribution in [0.4, 0.5) is 0 Å². The van der Waals surface area contributed by atoms with E-state index in [-0.39, 0.29) is 0 Å². The van der Waals surface area contributed by atoms with E-state index in [9.17, 15) is 5.11 Å². The third kappa shape index (κ3) is 3.50. The first kappa shape index (κ1) is 12.5. The van der Waals surface area contributed by atoms with Gasteiger partial charge >= 0.3 is 0 Å². The minimum absolute atomic E-state index is 0.334. The number of rotatable bonds is 4. The van der Waals surface area contributed by atoms with Gasteiger partial charge in [-0.1, -0.05) is 26.0 Å². The zero-order chi connectivity index (χ0) is 11.4. The van der Waals surface area contributed by atoms with Crippen molar-refractivity contribution in [2.45, 2.75) is 33.4 Å². The molecule has 0 aliphatic heterocycles. The highest BCUT2D eigenvalue weighted by molar-refractivity contribution is 9.10. The lowest BCUT2D eigenvalue weighted by Gasteiger charge is -2.18. The van der Waals surface area contributed by atoms with Crippen LogP contribution < -0.4 is 5.32 Å². The maximum Gasteiger partial charge on any atom is 0.134 e. The zero-order valence-corrected chi connectivity index (χ0v) is 11.0. The van der Waals surface area contributed by atoms with Crippen LogP contribution in [0.15, 0.2) is 22.7 Å². The standard InChI is InChI=1S/C12H18BrNO/c1-8(2)9(3)14-7-10-5-4-6-11(13)12(10)15/h4-6,8-9,14-15H,7H2,1-3H3/t9-/m1/s1. The Bertz CT molecular complexity index is 325. The molecule has 2 nitrogen and oxygen atoms in total. The van der Waals surface area contributed by atoms with E-state index in [1.807, 2.05) is 18.2 Å². The Morgan fingerprint density at radius 1 is 1.33 bits per heavy atom. The molecule has 1 rings (SSSR count). The normalized spacial score (nSPS) is 13.1. The van der Waals surface area contributed by atoms with E-state index in [0.29, 0.717) is 24.3 Å². The number of para-hydroxylation sites is 1. The van der Waals surface area contributed by atoms with E-state index >= 15 is 0 Å². The largest absolute Gasteiger partial charge is 0.506 e. The summed E-state index contributed by atoms with van der Waals surface area (Å²) in [5, 5.41) is 13.1. The molecule has 0 saturated heterocycles. The molecular formula is C12H18BrNO. The fraction of sp³-hybridized carbons (Fsp3) is 0.500. The fourth-order valence-electron chi connectivity index (χ4n) is 1.21. The number of benzene rings is 1. The van der Waals surface area contributed by atoms with Crippen LogP contribution in [0.25, 0.3) is 0 Å². The van der Waals surface area contributed by atoms with Crippen molar-refractivity contribution in [3.63, 3.8) is 0 Å². The van der Waals surface area contributed by atoms with Gasteiger partial charge in [-0.25, -0.2) is 0 Å². The van der Waals surface area contributed by atoms with Crippen molar-refractivity contribution in [3.05, 3.63) is 28.2 Å². The van der Waals surface area contributed by atoms with Gasteiger partial charge in [-0.15, -0.1) is 0 Å². The summed E-state index contributed by atoms with van der Waals surface area (Å²) in [7, 11) is 0. The molecule has 0 unspecified atom stereocenters. The van der Waals surface area contributed by atoms with Crippen molar-refractivity contribution < 1.29 is 5.11 Å². The summed E-state index contributed by atoms with van der Waals surface area (Å²) in [6.45, 7) is 7.21. The lowest BCUT2D eigenvalue weighted by molar-refractivity contribution is 0.415. The van der Waals surface area contributed by atoms with E-state index in [1.165, 1.54) is 0 Å². The third-order valence-corrected chi connectivity index (χ3v) is 3.32. The van der Waals surface area contributed by atoms with Crippen LogP contribution in [-0.4, -0.2) is 11.1 Å². The van der Waals surface area contributed by atoms with Crippen LogP contribution in [-0.2, 0) is 6.54 Å². The molecule has 0 aliphatic rings. The molecule has 1 atom stereocenters. The highest BCUT2D eigenvalue weighted by atomic mass is 79.9. The van der Waals surface area contributed by atoms with Crippen molar-refractivity contribution >= 4 is 15.9 Å². The van der Waals surface area contributed by atoms with Gasteiger partial charge in [-0.2, -0.15) is 0 Å². The highest BCUT2D eigenvalue weighted by Crippen LogP contribution is 2.27. The molecule has 0 amide bonds. The Balaban J connectivity index is 2.62. The first-order valence-electron chi connectivity index (χ1n) is 5.22. The summed E-state index contributed by atoms with van der Waals surface area (Å²) in [5.74, 6) is 0.931. The van der Waals surface area contributed by atoms with Gasteiger partial charge in [0.2, 0.25) is 0 Å². The average molecular weight is 272 g/mol. The van der Waals surface area contributed by atoms with Gasteiger partial charge in [0.15, 0.2) is 0 Å². The monoisotopic (exact) mass is 271 g/mol. The van der Waals surface area contributed by atoms with Crippen LogP contribution in [0.2, 0.25) is 0 Å². The van der Waals surface area contributed by atoms with Crippen molar-refractivity contribution in [2.75, 3.05) is 0 Å². The average Bonchev–Trinajstić information content (AvgIpc) is 2.19. The van der Waals surface area contributed by atoms with Crippen LogP contribution in [0.3, 0.4) is 0 Å². The molecule has 84 valence electrons. The Morgan fingerprint density at radius 2 is 2.00 bits per heavy atom. The van der Waals surface area contributed by atoms with Crippen molar-refractivity contribution in [1.29, 1.82) is 0 Å². The van der Waals surface area contributed by atoms with E-state index in [0.717, 1.165) is 10.0 Å². The first-order chi connectivity index (χ1) is 7.02. The van der Waals surface area contributed by atoms with Gasteiger partial charge in [0.05, 0.1) is 4.47 Å². The topological polar surface area (TPSA) is 32.3 Å². The molecule has 1 aromatic carbocycles. The number of aromatic hydroxyl groups is 1. The van der Waals surface area contributed by atoms with Gasteiger partial charge in [0, 0.05) is 18.2 Å². The van der Waals surface area contributed by atoms with Crippen LogP contribution in [0, 0.1) is 5.92 Å². The predicted molar refractivity (Wildman–Crippen MR) is 66.9 cm³/mol. The Hall–Kier alpha value is -0.540. The van der Waals surface area contributed by atoms with Crippen LogP contribution >= 0.6 is 15.9 Å². The van der Waals surface area contributed by atoms with Gasteiger partial charge in [0.1, 0.15) is 5.75 Å². The molecule has 3 heteroatoms. The number of phenols is 1. The second-order valence-corrected chi connectivity index (χ2v) is 5.02. The number of hydrogen-bond donors (Lipinski definition) is 2. The molecule has 0 spiro atoms. The molecule has 0 radical (unpaired) electrons. The summed E-state index contributed by atoms with van der Waals surface area (Å²) >= 11 is 3.30. The molecular weight excluding hydrogens is 254 g/mol. The molecule has 0 aromatic heterocycles. The molecule has 15 heavy (non-hydrogen) atoms. The van der Waals surface area contributed by atoms with Gasteiger partial charge in [0.25, 0.3) is 0 Å². The van der Waals surface area contributed by atoms with Crippen molar-refractivity contribution in [2.24, 2.45) is 5.92 Å². The minimum atomic E-state index is 0.334. The molecule has 0 saturated carbocycles. The lowest BCUT2D eigenvalue weighted by atomic mass is 10.1. The lowest BCUT2D eigenvalue weighted by Crippen LogP contribution is -2.30. The first-order valence-corrected chi connectivity index (χ1v) is 6.01. The summed E-state index contributed by atoms with van der Waals surface area (Å²) < 4.78 is 0.749. The summed E-state index contributed by atoms with van der Waals surface area (Å²) in [4.78, 5) is 0. The quantitative estimate of drug-likeness (QED) is 0.881. The van der Waals surface area contributed by atoms with Gasteiger partial charge in [-0.05, 0) is 34.8 Å². The van der Waals surface area contributed by atoms with Crippen molar-refractivity contribution in [1.82, 2.24) is 5.32 Å². The van der Waals surface area contributed by atoms with Crippen molar-refractivity contribution in [3.8, 4) is 5.75 Å².